The van der Waals surface area contributed by atoms with Crippen LogP contribution in [0.3, 0.4) is 0 Å². The summed E-state index contributed by atoms with van der Waals surface area (Å²) in [5.41, 5.74) is 1.16. The first-order chi connectivity index (χ1) is 8.65. The third-order valence-corrected chi connectivity index (χ3v) is 3.76. The number of hydrogen-bond acceptors (Lipinski definition) is 2. The van der Waals surface area contributed by atoms with E-state index >= 15 is 0 Å². The normalized spacial score (nSPS) is 18.1. The molecule has 98 valence electrons. The molecule has 1 saturated carbocycles. The second-order valence-corrected chi connectivity index (χ2v) is 5.92. The molecule has 1 aliphatic carbocycles. The molecule has 0 bridgehead atoms. The third-order valence-electron chi connectivity index (χ3n) is 3.35. The summed E-state index contributed by atoms with van der Waals surface area (Å²) in [5, 5.41) is 2.80. The lowest BCUT2D eigenvalue weighted by molar-refractivity contribution is -0.121. The number of carbonyl (C=O) groups is 1. The molecule has 0 spiro atoms. The molecule has 1 aliphatic rings. The first-order valence-electron chi connectivity index (χ1n) is 6.67. The van der Waals surface area contributed by atoms with Crippen LogP contribution in [0.5, 0.6) is 0 Å². The van der Waals surface area contributed by atoms with Gasteiger partial charge < -0.3 is 5.32 Å². The van der Waals surface area contributed by atoms with Crippen molar-refractivity contribution in [3.63, 3.8) is 0 Å². The van der Waals surface area contributed by atoms with Gasteiger partial charge in [0.25, 0.3) is 0 Å². The average Bonchev–Trinajstić information content (AvgIpc) is 3.14. The maximum Gasteiger partial charge on any atom is 0.233 e. The summed E-state index contributed by atoms with van der Waals surface area (Å²) in [6.07, 6.45) is 4.45. The lowest BCUT2D eigenvalue weighted by Crippen LogP contribution is -2.39. The van der Waals surface area contributed by atoms with E-state index in [-0.39, 0.29) is 17.2 Å². The third kappa shape index (κ3) is 4.37. The molecule has 1 amide bonds. The van der Waals surface area contributed by atoms with E-state index in [0.717, 1.165) is 17.9 Å². The monoisotopic (exact) mass is 263 g/mol. The van der Waals surface area contributed by atoms with Crippen LogP contribution in [0.1, 0.15) is 31.7 Å². The van der Waals surface area contributed by atoms with Crippen LogP contribution in [-0.4, -0.2) is 17.2 Å². The topological polar surface area (TPSA) is 29.1 Å². The molecule has 2 rings (SSSR count). The van der Waals surface area contributed by atoms with E-state index in [9.17, 15) is 4.79 Å². The molecule has 1 N–H and O–H groups in total. The van der Waals surface area contributed by atoms with Crippen molar-refractivity contribution < 1.29 is 4.79 Å². The number of amides is 1. The molecule has 1 fully saturated rings. The zero-order valence-electron chi connectivity index (χ0n) is 10.8. The summed E-state index contributed by atoms with van der Waals surface area (Å²) in [4.78, 5) is 12.0. The summed E-state index contributed by atoms with van der Waals surface area (Å²) >= 11 is 4.41. The van der Waals surface area contributed by atoms with Gasteiger partial charge in [0.05, 0.1) is 5.25 Å². The fourth-order valence-electron chi connectivity index (χ4n) is 2.18. The Kier molecular flexibility index (Phi) is 4.70. The number of thiol groups is 1. The van der Waals surface area contributed by atoms with Crippen LogP contribution in [0, 0.1) is 5.92 Å². The molecule has 2 nitrogen and oxygen atoms in total. The number of rotatable bonds is 6. The molecule has 0 saturated heterocycles. The highest BCUT2D eigenvalue weighted by atomic mass is 32.1. The first-order valence-corrected chi connectivity index (χ1v) is 7.19. The Bertz CT molecular complexity index is 389. The van der Waals surface area contributed by atoms with Crippen LogP contribution in [-0.2, 0) is 11.2 Å². The lowest BCUT2D eigenvalue weighted by atomic mass is 10.1. The number of carbonyl (C=O) groups excluding carboxylic acids is 1. The van der Waals surface area contributed by atoms with Crippen molar-refractivity contribution in [3.8, 4) is 0 Å². The second kappa shape index (κ2) is 6.28. The minimum Gasteiger partial charge on any atom is -0.353 e. The van der Waals surface area contributed by atoms with Crippen molar-refractivity contribution in [3.05, 3.63) is 35.9 Å². The summed E-state index contributed by atoms with van der Waals surface area (Å²) < 4.78 is 0. The Balaban J connectivity index is 1.77. The Labute approximate surface area is 115 Å². The highest BCUT2D eigenvalue weighted by molar-refractivity contribution is 7.81. The first kappa shape index (κ1) is 13.5. The van der Waals surface area contributed by atoms with Crippen molar-refractivity contribution in [2.75, 3.05) is 0 Å². The Morgan fingerprint density at radius 3 is 2.67 bits per heavy atom. The quantitative estimate of drug-likeness (QED) is 0.759. The van der Waals surface area contributed by atoms with Gasteiger partial charge in [-0.2, -0.15) is 12.6 Å². The molecule has 1 aromatic carbocycles. The average molecular weight is 263 g/mol. The van der Waals surface area contributed by atoms with Crippen LogP contribution in [0.15, 0.2) is 30.3 Å². The fraction of sp³-hybridized carbons (Fsp3) is 0.533. The van der Waals surface area contributed by atoms with Gasteiger partial charge >= 0.3 is 0 Å². The van der Waals surface area contributed by atoms with Gasteiger partial charge in [-0.25, -0.2) is 0 Å². The van der Waals surface area contributed by atoms with Crippen molar-refractivity contribution in [1.29, 1.82) is 0 Å². The molecule has 1 aromatic rings. The van der Waals surface area contributed by atoms with Gasteiger partial charge in [-0.05, 0) is 31.2 Å². The standard InChI is InChI=1S/C15H21NOS/c1-11(9-13-7-8-13)16-15(17)14(18)10-12-5-3-2-4-6-12/h2-6,11,13-14,18H,7-10H2,1H3,(H,16,17). The maximum atomic E-state index is 12.0. The van der Waals surface area contributed by atoms with Gasteiger partial charge in [-0.1, -0.05) is 43.2 Å². The Morgan fingerprint density at radius 2 is 2.06 bits per heavy atom. The van der Waals surface area contributed by atoms with Crippen LogP contribution < -0.4 is 5.32 Å². The number of hydrogen-bond donors (Lipinski definition) is 2. The molecule has 2 atom stereocenters. The van der Waals surface area contributed by atoms with E-state index in [1.165, 1.54) is 12.8 Å². The lowest BCUT2D eigenvalue weighted by Gasteiger charge is -2.17. The van der Waals surface area contributed by atoms with Gasteiger partial charge in [0, 0.05) is 6.04 Å². The van der Waals surface area contributed by atoms with E-state index in [2.05, 4.69) is 24.9 Å². The summed E-state index contributed by atoms with van der Waals surface area (Å²) in [6.45, 7) is 2.08. The van der Waals surface area contributed by atoms with Crippen molar-refractivity contribution >= 4 is 18.5 Å². The molecule has 0 heterocycles. The van der Waals surface area contributed by atoms with E-state index in [1.54, 1.807) is 0 Å². The predicted molar refractivity (Wildman–Crippen MR) is 77.9 cm³/mol. The van der Waals surface area contributed by atoms with Crippen LogP contribution in [0.25, 0.3) is 0 Å². The van der Waals surface area contributed by atoms with Crippen LogP contribution in [0.2, 0.25) is 0 Å². The minimum atomic E-state index is -0.256. The Morgan fingerprint density at radius 1 is 1.39 bits per heavy atom. The molecule has 3 heteroatoms. The van der Waals surface area contributed by atoms with Gasteiger partial charge in [-0.3, -0.25) is 4.79 Å². The molecule has 0 radical (unpaired) electrons. The van der Waals surface area contributed by atoms with Gasteiger partial charge in [0.2, 0.25) is 5.91 Å². The predicted octanol–water partition coefficient (Wildman–Crippen LogP) is 2.83. The summed E-state index contributed by atoms with van der Waals surface area (Å²) in [6, 6.07) is 10.3. The molecule has 0 aliphatic heterocycles. The minimum absolute atomic E-state index is 0.0512. The largest absolute Gasteiger partial charge is 0.353 e. The maximum absolute atomic E-state index is 12.0. The smallest absolute Gasteiger partial charge is 0.233 e. The zero-order chi connectivity index (χ0) is 13.0. The number of benzene rings is 1. The van der Waals surface area contributed by atoms with Crippen LogP contribution in [0.4, 0.5) is 0 Å². The van der Waals surface area contributed by atoms with E-state index < -0.39 is 0 Å². The molecular weight excluding hydrogens is 242 g/mol. The SMILES string of the molecule is CC(CC1CC1)NC(=O)C(S)Cc1ccccc1. The van der Waals surface area contributed by atoms with Crippen molar-refractivity contribution in [1.82, 2.24) is 5.32 Å². The second-order valence-electron chi connectivity index (χ2n) is 5.29. The summed E-state index contributed by atoms with van der Waals surface area (Å²) in [7, 11) is 0. The fourth-order valence-corrected chi connectivity index (χ4v) is 2.47. The highest BCUT2D eigenvalue weighted by Crippen LogP contribution is 2.33. The zero-order valence-corrected chi connectivity index (χ0v) is 11.7. The highest BCUT2D eigenvalue weighted by Gasteiger charge is 2.25. The van der Waals surface area contributed by atoms with Crippen LogP contribution >= 0.6 is 12.6 Å². The van der Waals surface area contributed by atoms with Crippen molar-refractivity contribution in [2.45, 2.75) is 43.9 Å². The molecule has 0 aromatic heterocycles. The molecular formula is C15H21NOS. The van der Waals surface area contributed by atoms with Crippen molar-refractivity contribution in [2.24, 2.45) is 5.92 Å². The van der Waals surface area contributed by atoms with Gasteiger partial charge in [-0.15, -0.1) is 0 Å². The van der Waals surface area contributed by atoms with E-state index in [1.807, 2.05) is 30.3 Å². The summed E-state index contributed by atoms with van der Waals surface area (Å²) in [5.74, 6) is 0.892. The van der Waals surface area contributed by atoms with Gasteiger partial charge in [0.1, 0.15) is 0 Å². The van der Waals surface area contributed by atoms with Gasteiger partial charge in [0.15, 0.2) is 0 Å². The van der Waals surface area contributed by atoms with E-state index in [4.69, 9.17) is 0 Å². The molecule has 2 unspecified atom stereocenters. The Hall–Kier alpha value is -0.960. The molecule has 18 heavy (non-hydrogen) atoms. The number of nitrogens with one attached hydrogen (secondary N) is 1. The van der Waals surface area contributed by atoms with E-state index in [0.29, 0.717) is 6.42 Å².